The topological polar surface area (TPSA) is 13.1 Å². The van der Waals surface area contributed by atoms with Gasteiger partial charge in [-0.05, 0) is 0 Å². The minimum atomic E-state index is -1.71. The van der Waals surface area contributed by atoms with Gasteiger partial charge in [0.15, 0.2) is 0 Å². The third-order valence-corrected chi connectivity index (χ3v) is 9.42. The molecule has 0 aliphatic rings. The molecule has 1 nitrogen and oxygen atoms in total. The van der Waals surface area contributed by atoms with Crippen LogP contribution in [0, 0.1) is 0 Å². The molecule has 1 heterocycles. The fraction of sp³-hybridized carbons (Fsp3) is 0.600. The van der Waals surface area contributed by atoms with Crippen LogP contribution < -0.4 is 9.19 Å². The summed E-state index contributed by atoms with van der Waals surface area (Å²) in [6.07, 6.45) is 0. The standard InChI is InChI=1S/C10H20Ge2O/c1-11(2,3)9-7-8-10(13-9)12(4,5)6/h7-8H,1-6H3. The van der Waals surface area contributed by atoms with Crippen molar-refractivity contribution in [1.29, 1.82) is 0 Å². The molecule has 0 atom stereocenters. The van der Waals surface area contributed by atoms with Crippen LogP contribution in [0.1, 0.15) is 0 Å². The zero-order chi connectivity index (χ0) is 10.3. The van der Waals surface area contributed by atoms with E-state index in [1.165, 1.54) is 9.19 Å². The Kier molecular flexibility index (Phi) is 3.08. The van der Waals surface area contributed by atoms with Crippen LogP contribution >= 0.6 is 0 Å². The van der Waals surface area contributed by atoms with Crippen LogP contribution in [0.5, 0.6) is 0 Å². The van der Waals surface area contributed by atoms with Crippen molar-refractivity contribution in [2.75, 3.05) is 0 Å². The first-order valence-corrected chi connectivity index (χ1v) is 19.5. The van der Waals surface area contributed by atoms with Crippen LogP contribution in [0.25, 0.3) is 0 Å². The van der Waals surface area contributed by atoms with Gasteiger partial charge in [0.05, 0.1) is 0 Å². The van der Waals surface area contributed by atoms with Gasteiger partial charge in [-0.15, -0.1) is 0 Å². The molecule has 0 aliphatic carbocycles. The Hall–Kier alpha value is 0.366. The average molecular weight is 301 g/mol. The van der Waals surface area contributed by atoms with Crippen molar-refractivity contribution in [3.8, 4) is 0 Å². The van der Waals surface area contributed by atoms with Crippen molar-refractivity contribution in [2.24, 2.45) is 0 Å². The van der Waals surface area contributed by atoms with Gasteiger partial charge in [0, 0.05) is 0 Å². The van der Waals surface area contributed by atoms with Crippen LogP contribution in [0.4, 0.5) is 0 Å². The molecule has 0 radical (unpaired) electrons. The van der Waals surface area contributed by atoms with Crippen LogP contribution in [0.3, 0.4) is 0 Å². The van der Waals surface area contributed by atoms with Crippen LogP contribution in [-0.2, 0) is 0 Å². The minimum absolute atomic E-state index is 1.30. The molecule has 0 unspecified atom stereocenters. The quantitative estimate of drug-likeness (QED) is 0.765. The third-order valence-electron chi connectivity index (χ3n) is 2.08. The predicted molar refractivity (Wildman–Crippen MR) is 64.7 cm³/mol. The van der Waals surface area contributed by atoms with E-state index in [4.69, 9.17) is 4.42 Å². The Bertz CT molecular complexity index is 260. The van der Waals surface area contributed by atoms with Gasteiger partial charge in [-0.3, -0.25) is 0 Å². The van der Waals surface area contributed by atoms with Crippen molar-refractivity contribution in [3.05, 3.63) is 12.1 Å². The summed E-state index contributed by atoms with van der Waals surface area (Å²) in [4.78, 5) is 0. The molecule has 0 saturated heterocycles. The van der Waals surface area contributed by atoms with Gasteiger partial charge in [-0.1, -0.05) is 0 Å². The summed E-state index contributed by atoms with van der Waals surface area (Å²) in [6, 6.07) is 4.43. The first kappa shape index (κ1) is 11.4. The van der Waals surface area contributed by atoms with E-state index in [9.17, 15) is 0 Å². The molecule has 0 spiro atoms. The fourth-order valence-electron chi connectivity index (χ4n) is 1.14. The van der Waals surface area contributed by atoms with Gasteiger partial charge < -0.3 is 0 Å². The number of rotatable bonds is 2. The van der Waals surface area contributed by atoms with Gasteiger partial charge in [-0.25, -0.2) is 0 Å². The molecule has 0 aromatic carbocycles. The monoisotopic (exact) mass is 304 g/mol. The van der Waals surface area contributed by atoms with Gasteiger partial charge >= 0.3 is 86.8 Å². The maximum absolute atomic E-state index is 5.98. The van der Waals surface area contributed by atoms with Crippen molar-refractivity contribution in [1.82, 2.24) is 0 Å². The van der Waals surface area contributed by atoms with E-state index in [1.54, 1.807) is 0 Å². The predicted octanol–water partition coefficient (Wildman–Crippen LogP) is 2.37. The maximum atomic E-state index is 5.98. The van der Waals surface area contributed by atoms with Gasteiger partial charge in [0.2, 0.25) is 0 Å². The molecule has 13 heavy (non-hydrogen) atoms. The van der Waals surface area contributed by atoms with E-state index >= 15 is 0 Å². The SMILES string of the molecule is [CH3][Ge]([CH3])([CH3])[c]1cc[c]([Ge]([CH3])([CH3])[CH3])o1. The molecular formula is C10H20Ge2O. The van der Waals surface area contributed by atoms with Crippen molar-refractivity contribution >= 4 is 35.7 Å². The molecule has 3 heteroatoms. The third kappa shape index (κ3) is 2.91. The summed E-state index contributed by atoms with van der Waals surface area (Å²) >= 11 is -3.42. The number of furan rings is 1. The van der Waals surface area contributed by atoms with Gasteiger partial charge in [-0.2, -0.15) is 0 Å². The summed E-state index contributed by atoms with van der Waals surface area (Å²) in [5.74, 6) is 14.2. The van der Waals surface area contributed by atoms with E-state index in [1.807, 2.05) is 0 Å². The Morgan fingerprint density at radius 1 is 0.769 bits per heavy atom. The zero-order valence-electron chi connectivity index (χ0n) is 9.56. The van der Waals surface area contributed by atoms with Crippen LogP contribution in [-0.4, -0.2) is 26.5 Å². The van der Waals surface area contributed by atoms with E-state index in [2.05, 4.69) is 46.7 Å². The Balaban J connectivity index is 3.01. The molecule has 1 rings (SSSR count). The van der Waals surface area contributed by atoms with E-state index in [0.29, 0.717) is 0 Å². The van der Waals surface area contributed by atoms with Gasteiger partial charge in [0.25, 0.3) is 0 Å². The molecule has 0 bridgehead atoms. The number of hydrogen-bond acceptors (Lipinski definition) is 1. The van der Waals surface area contributed by atoms with E-state index < -0.39 is 26.5 Å². The van der Waals surface area contributed by atoms with Crippen molar-refractivity contribution in [3.63, 3.8) is 0 Å². The summed E-state index contributed by atoms with van der Waals surface area (Å²) in [5, 5.41) is 0. The second kappa shape index (κ2) is 3.50. The normalized spacial score (nSPS) is 13.4. The summed E-state index contributed by atoms with van der Waals surface area (Å²) in [6.45, 7) is 0. The van der Waals surface area contributed by atoms with Crippen LogP contribution in [0.2, 0.25) is 34.5 Å². The number of hydrogen-bond donors (Lipinski definition) is 0. The van der Waals surface area contributed by atoms with E-state index in [-0.39, 0.29) is 0 Å². The average Bonchev–Trinajstić information content (AvgIpc) is 2.28. The zero-order valence-corrected chi connectivity index (χ0v) is 13.8. The molecule has 0 N–H and O–H groups in total. The summed E-state index contributed by atoms with van der Waals surface area (Å²) < 4.78 is 8.58. The molecule has 74 valence electrons. The summed E-state index contributed by atoms with van der Waals surface area (Å²) in [7, 11) is 0. The van der Waals surface area contributed by atoms with Crippen molar-refractivity contribution in [2.45, 2.75) is 34.5 Å². The first-order valence-electron chi connectivity index (χ1n) is 4.82. The second-order valence-electron chi connectivity index (χ2n) is 5.66. The molecule has 1 aromatic rings. The van der Waals surface area contributed by atoms with Gasteiger partial charge in [0.1, 0.15) is 0 Å². The Labute approximate surface area is 86.6 Å². The molecule has 0 aliphatic heterocycles. The molecule has 0 fully saturated rings. The fourth-order valence-corrected chi connectivity index (χ4v) is 5.79. The summed E-state index contributed by atoms with van der Waals surface area (Å²) in [5.41, 5.74) is 0. The molecule has 0 amide bonds. The Morgan fingerprint density at radius 2 is 1.08 bits per heavy atom. The molecular weight excluding hydrogens is 281 g/mol. The molecule has 1 aromatic heterocycles. The van der Waals surface area contributed by atoms with E-state index in [0.717, 1.165) is 0 Å². The van der Waals surface area contributed by atoms with Crippen LogP contribution in [0.15, 0.2) is 16.5 Å². The second-order valence-corrected chi connectivity index (χ2v) is 26.6. The molecule has 0 saturated carbocycles. The first-order chi connectivity index (χ1) is 5.71. The van der Waals surface area contributed by atoms with Crippen molar-refractivity contribution < 1.29 is 4.42 Å². The Morgan fingerprint density at radius 3 is 1.23 bits per heavy atom.